The summed E-state index contributed by atoms with van der Waals surface area (Å²) in [5, 5.41) is 3.39. The summed E-state index contributed by atoms with van der Waals surface area (Å²) in [5.41, 5.74) is -0.422. The molecule has 0 aliphatic heterocycles. The average molecular weight is 456 g/mol. The van der Waals surface area contributed by atoms with E-state index < -0.39 is 19.0 Å². The van der Waals surface area contributed by atoms with Crippen molar-refractivity contribution in [2.75, 3.05) is 0 Å². The number of benzene rings is 4. The smallest absolute Gasteiger partial charge is 0.166 e. The van der Waals surface area contributed by atoms with Crippen LogP contribution in [0, 0.1) is 0 Å². The molecule has 4 rings (SSSR count). The molecule has 0 spiro atoms. The van der Waals surface area contributed by atoms with Crippen LogP contribution in [0.3, 0.4) is 0 Å². The van der Waals surface area contributed by atoms with Gasteiger partial charge in [-0.3, -0.25) is 0 Å². The molecule has 0 heterocycles. The molecule has 0 saturated carbocycles. The van der Waals surface area contributed by atoms with Crippen LogP contribution < -0.4 is 15.9 Å². The number of alkyl halides is 3. The van der Waals surface area contributed by atoms with E-state index in [0.29, 0.717) is 5.02 Å². The zero-order chi connectivity index (χ0) is 21.9. The topological polar surface area (TPSA) is 0 Å². The van der Waals surface area contributed by atoms with Gasteiger partial charge in [0.25, 0.3) is 0 Å². The van der Waals surface area contributed by atoms with Crippen molar-refractivity contribution in [1.82, 2.24) is 0 Å². The molecule has 0 bridgehead atoms. The molecule has 0 radical (unpaired) electrons. The monoisotopic (exact) mass is 455 g/mol. The highest BCUT2D eigenvalue weighted by Crippen LogP contribution is 2.59. The van der Waals surface area contributed by atoms with Gasteiger partial charge in [0.05, 0.1) is 11.7 Å². The van der Waals surface area contributed by atoms with Crippen molar-refractivity contribution in [3.63, 3.8) is 0 Å². The molecule has 0 nitrogen and oxygen atoms in total. The quantitative estimate of drug-likeness (QED) is 0.289. The molecule has 0 fully saturated rings. The summed E-state index contributed by atoms with van der Waals surface area (Å²) in [5.74, 6) is 0. The number of hydrogen-bond donors (Lipinski definition) is 0. The highest BCUT2D eigenvalue weighted by atomic mass is 35.5. The van der Waals surface area contributed by atoms with Gasteiger partial charge in [0.15, 0.2) is 0 Å². The van der Waals surface area contributed by atoms with Crippen molar-refractivity contribution in [3.8, 4) is 0 Å². The number of halogens is 4. The van der Waals surface area contributed by atoms with Crippen LogP contribution in [0.15, 0.2) is 109 Å². The van der Waals surface area contributed by atoms with Gasteiger partial charge in [-0.2, -0.15) is 13.2 Å². The van der Waals surface area contributed by atoms with Crippen molar-refractivity contribution >= 4 is 34.8 Å². The Morgan fingerprint density at radius 3 is 1.42 bits per heavy atom. The molecule has 0 atom stereocenters. The Hall–Kier alpha value is -2.61. The summed E-state index contributed by atoms with van der Waals surface area (Å²) >= 11 is 6.18. The first-order chi connectivity index (χ1) is 14.9. The van der Waals surface area contributed by atoms with E-state index in [9.17, 15) is 13.2 Å². The van der Waals surface area contributed by atoms with Crippen LogP contribution >= 0.6 is 18.9 Å². The molecule has 4 aromatic rings. The Morgan fingerprint density at radius 2 is 1.03 bits per heavy atom. The maximum Gasteiger partial charge on any atom is 0.416 e. The van der Waals surface area contributed by atoms with Crippen molar-refractivity contribution in [2.45, 2.75) is 12.3 Å². The fourth-order valence-electron chi connectivity index (χ4n) is 3.99. The molecule has 0 amide bonds. The Kier molecular flexibility index (Phi) is 6.18. The third-order valence-corrected chi connectivity index (χ3v) is 9.96. The molecule has 0 unspecified atom stereocenters. The van der Waals surface area contributed by atoms with Crippen molar-refractivity contribution in [3.05, 3.63) is 125 Å². The van der Waals surface area contributed by atoms with Crippen molar-refractivity contribution in [2.24, 2.45) is 0 Å². The first-order valence-electron chi connectivity index (χ1n) is 9.82. The largest absolute Gasteiger partial charge is 0.416 e. The van der Waals surface area contributed by atoms with Gasteiger partial charge in [-0.25, -0.2) is 0 Å². The normalized spacial score (nSPS) is 12.0. The maximum atomic E-state index is 13.9. The van der Waals surface area contributed by atoms with E-state index >= 15 is 0 Å². The summed E-state index contributed by atoms with van der Waals surface area (Å²) < 4.78 is 41.8. The van der Waals surface area contributed by atoms with Gasteiger partial charge in [0.2, 0.25) is 0 Å². The van der Waals surface area contributed by atoms with Crippen LogP contribution in [-0.4, -0.2) is 0 Å². The molecule has 5 heteroatoms. The molecular weight excluding hydrogens is 436 g/mol. The lowest BCUT2D eigenvalue weighted by Gasteiger charge is -2.29. The van der Waals surface area contributed by atoms with E-state index in [4.69, 9.17) is 11.6 Å². The summed E-state index contributed by atoms with van der Waals surface area (Å²) in [7, 11) is -2.45. The highest BCUT2D eigenvalue weighted by molar-refractivity contribution is 7.95. The Bertz CT molecular complexity index is 1050. The number of rotatable bonds is 5. The van der Waals surface area contributed by atoms with Crippen LogP contribution in [-0.2, 0) is 12.3 Å². The molecule has 4 aromatic carbocycles. The Labute approximate surface area is 185 Å². The zero-order valence-electron chi connectivity index (χ0n) is 16.6. The van der Waals surface area contributed by atoms with Crippen LogP contribution in [0.5, 0.6) is 0 Å². The van der Waals surface area contributed by atoms with Crippen LogP contribution in [0.25, 0.3) is 0 Å². The summed E-state index contributed by atoms with van der Waals surface area (Å²) in [6.07, 6.45) is -4.24. The predicted octanol–water partition coefficient (Wildman–Crippen LogP) is 6.85. The lowest BCUT2D eigenvalue weighted by molar-refractivity contribution is -0.138. The predicted molar refractivity (Wildman–Crippen MR) is 125 cm³/mol. The minimum atomic E-state index is -4.46. The molecule has 0 aliphatic rings. The van der Waals surface area contributed by atoms with E-state index in [1.807, 2.05) is 91.0 Å². The van der Waals surface area contributed by atoms with E-state index in [1.165, 1.54) is 12.1 Å². The van der Waals surface area contributed by atoms with Gasteiger partial charge in [0.1, 0.15) is 23.2 Å². The second kappa shape index (κ2) is 8.86. The second-order valence-electron chi connectivity index (χ2n) is 7.27. The first kappa shape index (κ1) is 21.6. The maximum absolute atomic E-state index is 13.9. The van der Waals surface area contributed by atoms with E-state index in [1.54, 1.807) is 0 Å². The van der Waals surface area contributed by atoms with Crippen LogP contribution in [0.4, 0.5) is 13.2 Å². The lowest BCUT2D eigenvalue weighted by Crippen LogP contribution is -2.33. The Morgan fingerprint density at radius 1 is 0.613 bits per heavy atom. The van der Waals surface area contributed by atoms with Gasteiger partial charge in [-0.1, -0.05) is 66.2 Å². The summed E-state index contributed by atoms with van der Waals surface area (Å²) in [4.78, 5) is 0. The van der Waals surface area contributed by atoms with Gasteiger partial charge in [-0.05, 0) is 54.6 Å². The van der Waals surface area contributed by atoms with Crippen LogP contribution in [0.2, 0.25) is 5.02 Å². The third kappa shape index (κ3) is 4.39. The van der Waals surface area contributed by atoms with Crippen molar-refractivity contribution in [1.29, 1.82) is 0 Å². The molecule has 0 N–H and O–H groups in total. The highest BCUT2D eigenvalue weighted by Gasteiger charge is 2.47. The fraction of sp³-hybridized carbons (Fsp3) is 0.0769. The van der Waals surface area contributed by atoms with Gasteiger partial charge < -0.3 is 0 Å². The van der Waals surface area contributed by atoms with Gasteiger partial charge in [0, 0.05) is 10.6 Å². The standard InChI is InChI=1S/C26H20ClF3P/c27-21-16-17-25(26(28,29)30)20(18-21)19-31(22-10-4-1-5-11-22,23-12-6-2-7-13-23)24-14-8-3-9-15-24/h1-18H,19H2/q+1. The van der Waals surface area contributed by atoms with E-state index in [-0.39, 0.29) is 11.7 Å². The van der Waals surface area contributed by atoms with Gasteiger partial charge >= 0.3 is 6.18 Å². The minimum absolute atomic E-state index is 0.213. The first-order valence-corrected chi connectivity index (χ1v) is 12.2. The average Bonchev–Trinajstić information content (AvgIpc) is 2.78. The summed E-state index contributed by atoms with van der Waals surface area (Å²) in [6.45, 7) is 0. The molecule has 0 saturated heterocycles. The van der Waals surface area contributed by atoms with Crippen molar-refractivity contribution < 1.29 is 13.2 Å². The number of hydrogen-bond acceptors (Lipinski definition) is 0. The van der Waals surface area contributed by atoms with Crippen LogP contribution in [0.1, 0.15) is 11.1 Å². The summed E-state index contributed by atoms with van der Waals surface area (Å²) in [6, 6.07) is 33.4. The minimum Gasteiger partial charge on any atom is -0.166 e. The molecule has 0 aromatic heterocycles. The van der Waals surface area contributed by atoms with E-state index in [0.717, 1.165) is 22.0 Å². The molecule has 156 valence electrons. The Balaban J connectivity index is 2.04. The molecular formula is C26H20ClF3P+. The fourth-order valence-corrected chi connectivity index (χ4v) is 8.45. The zero-order valence-corrected chi connectivity index (χ0v) is 18.2. The molecule has 0 aliphatic carbocycles. The second-order valence-corrected chi connectivity index (χ2v) is 11.2. The lowest BCUT2D eigenvalue weighted by atomic mass is 10.1. The SMILES string of the molecule is FC(F)(F)c1ccc(Cl)cc1C[P+](c1ccccc1)(c1ccccc1)c1ccccc1. The van der Waals surface area contributed by atoms with Gasteiger partial charge in [-0.15, -0.1) is 0 Å². The van der Waals surface area contributed by atoms with E-state index in [2.05, 4.69) is 0 Å². The molecule has 31 heavy (non-hydrogen) atoms. The third-order valence-electron chi connectivity index (χ3n) is 5.37.